The molecule has 1 heterocycles. The van der Waals surface area contributed by atoms with Gasteiger partial charge in [0.25, 0.3) is 0 Å². The Bertz CT molecular complexity index is 248. The van der Waals surface area contributed by atoms with Crippen LogP contribution in [0, 0.1) is 12.2 Å². The Balaban J connectivity index is 0. The van der Waals surface area contributed by atoms with Crippen LogP contribution < -0.4 is 0 Å². The topological polar surface area (TPSA) is 21.6 Å². The maximum absolute atomic E-state index is 4.65. The van der Waals surface area contributed by atoms with Gasteiger partial charge in [0.05, 0.1) is 6.54 Å². The molecule has 1 atom stereocenters. The fourth-order valence-corrected chi connectivity index (χ4v) is 0.944. The van der Waals surface area contributed by atoms with Crippen LogP contribution in [0.1, 0.15) is 12.8 Å². The van der Waals surface area contributed by atoms with Crippen LogP contribution in [0.15, 0.2) is 41.4 Å². The first kappa shape index (κ1) is 18.7. The van der Waals surface area contributed by atoms with E-state index in [1.165, 1.54) is 6.40 Å². The van der Waals surface area contributed by atoms with Crippen molar-refractivity contribution in [2.45, 2.75) is 12.8 Å². The van der Waals surface area contributed by atoms with Crippen molar-refractivity contribution in [1.29, 1.82) is 0 Å². The van der Waals surface area contributed by atoms with Crippen molar-refractivity contribution in [3.8, 4) is 0 Å². The Kier molecular flexibility index (Phi) is 17.0. The van der Waals surface area contributed by atoms with Crippen molar-refractivity contribution in [2.75, 3.05) is 13.2 Å². The van der Waals surface area contributed by atoms with Crippen molar-refractivity contribution >= 4 is 16.3 Å². The van der Waals surface area contributed by atoms with Gasteiger partial charge in [0.15, 0.2) is 6.40 Å². The van der Waals surface area contributed by atoms with Gasteiger partial charge in [0, 0.05) is 0 Å². The van der Waals surface area contributed by atoms with Crippen LogP contribution in [0.3, 0.4) is 0 Å². The van der Waals surface area contributed by atoms with Crippen LogP contribution in [0.2, 0.25) is 0 Å². The summed E-state index contributed by atoms with van der Waals surface area (Å²) in [6, 6.07) is 0. The third kappa shape index (κ3) is 13.3. The molecule has 0 bridgehead atoms. The minimum absolute atomic E-state index is 0. The average molecular weight is 291 g/mol. The molecule has 0 saturated carbocycles. The summed E-state index contributed by atoms with van der Waals surface area (Å²) in [6.45, 7) is 1.62. The molecule has 0 aromatic rings. The predicted molar refractivity (Wildman–Crippen MR) is 73.6 cm³/mol. The Labute approximate surface area is 118 Å². The molecule has 4 heteroatoms. The average Bonchev–Trinajstić information content (AvgIpc) is 3.09. The van der Waals surface area contributed by atoms with Gasteiger partial charge >= 0.3 is 17.1 Å². The summed E-state index contributed by atoms with van der Waals surface area (Å²) in [7, 11) is 0. The number of nitrogens with zero attached hydrogens (tertiary/aromatic N) is 1. The van der Waals surface area contributed by atoms with Gasteiger partial charge in [0.2, 0.25) is 0 Å². The van der Waals surface area contributed by atoms with E-state index in [2.05, 4.69) is 34.0 Å². The monoisotopic (exact) mass is 291 g/mol. The molecule has 17 heavy (non-hydrogen) atoms. The van der Waals surface area contributed by atoms with E-state index in [0.717, 1.165) is 26.0 Å². The molecule has 0 amide bonds. The molecule has 94 valence electrons. The molecule has 0 aromatic carbocycles. The van der Waals surface area contributed by atoms with Crippen molar-refractivity contribution in [1.82, 2.24) is 0 Å². The van der Waals surface area contributed by atoms with E-state index < -0.39 is 0 Å². The fourth-order valence-electron chi connectivity index (χ4n) is 0.944. The minimum atomic E-state index is 0. The molecule has 2 aliphatic carbocycles. The molecule has 0 fully saturated rings. The molecule has 0 radical (unpaired) electrons. The van der Waals surface area contributed by atoms with Gasteiger partial charge in [-0.2, -0.15) is 22.1 Å². The summed E-state index contributed by atoms with van der Waals surface area (Å²) in [6.07, 6.45) is 21.5. The third-order valence-corrected chi connectivity index (χ3v) is 1.66. The molecular weight excluding hydrogens is 273 g/mol. The molecule has 2 nitrogen and oxygen atoms in total. The van der Waals surface area contributed by atoms with Gasteiger partial charge in [-0.05, 0) is 0 Å². The van der Waals surface area contributed by atoms with Gasteiger partial charge in [-0.3, -0.25) is 17.1 Å². The van der Waals surface area contributed by atoms with Crippen molar-refractivity contribution in [3.05, 3.63) is 48.6 Å². The Morgan fingerprint density at radius 2 is 1.59 bits per heavy atom. The van der Waals surface area contributed by atoms with E-state index >= 15 is 0 Å². The zero-order chi connectivity index (χ0) is 10.6. The number of allylic oxidation sites excluding steroid dienone is 8. The van der Waals surface area contributed by atoms with E-state index in [-0.39, 0.29) is 27.0 Å². The quantitative estimate of drug-likeness (QED) is 0.382. The van der Waals surface area contributed by atoms with Gasteiger partial charge in [-0.1, -0.05) is 0 Å². The van der Waals surface area contributed by atoms with Gasteiger partial charge in [-0.15, -0.1) is 12.8 Å². The largest absolute Gasteiger partial charge is 2.00 e. The second-order valence-electron chi connectivity index (χ2n) is 2.89. The minimum Gasteiger partial charge on any atom is -0.482 e. The maximum atomic E-state index is 4.65. The molecule has 1 unspecified atom stereocenters. The Hall–Kier alpha value is -0.621. The molecular formula is C13H18FeNOP. The zero-order valence-electron chi connectivity index (χ0n) is 9.79. The van der Waals surface area contributed by atoms with E-state index in [9.17, 15) is 0 Å². The smallest absolute Gasteiger partial charge is 0.482 e. The van der Waals surface area contributed by atoms with Crippen LogP contribution in [-0.4, -0.2) is 19.6 Å². The summed E-state index contributed by atoms with van der Waals surface area (Å²) in [5, 5.41) is 0. The Morgan fingerprint density at radius 3 is 1.71 bits per heavy atom. The summed E-state index contributed by atoms with van der Waals surface area (Å²) in [5.41, 5.74) is 0. The summed E-state index contributed by atoms with van der Waals surface area (Å²) < 4.78 is 4.65. The molecule has 3 rings (SSSR count). The molecule has 0 aromatic heterocycles. The third-order valence-electron chi connectivity index (χ3n) is 1.66. The number of hydrogen-bond donors (Lipinski definition) is 0. The van der Waals surface area contributed by atoms with Gasteiger partial charge in [-0.25, -0.2) is 24.3 Å². The predicted octanol–water partition coefficient (Wildman–Crippen LogP) is 2.71. The first-order valence-corrected chi connectivity index (χ1v) is 5.03. The summed E-state index contributed by atoms with van der Waals surface area (Å²) in [5.74, 6) is 0. The van der Waals surface area contributed by atoms with Crippen molar-refractivity contribution in [2.24, 2.45) is 4.99 Å². The standard InChI is InChI=1S/2C5H5.C3H5NO.Fe.H3P/c2*1-2-4-5-3-1;1-2-5-3-4-1;;/h2*1-3H,4H2;3H,1-2H2;;1H3/q2*-1;;+2;. The van der Waals surface area contributed by atoms with Crippen molar-refractivity contribution < 1.29 is 21.8 Å². The molecule has 0 spiro atoms. The van der Waals surface area contributed by atoms with Gasteiger partial charge < -0.3 is 4.74 Å². The number of hydrogen-bond acceptors (Lipinski definition) is 2. The van der Waals surface area contributed by atoms with Crippen LogP contribution >= 0.6 is 9.90 Å². The summed E-state index contributed by atoms with van der Waals surface area (Å²) in [4.78, 5) is 3.74. The molecule has 0 saturated heterocycles. The second kappa shape index (κ2) is 15.4. The fraction of sp³-hybridized carbons (Fsp3) is 0.308. The first-order valence-electron chi connectivity index (χ1n) is 5.03. The van der Waals surface area contributed by atoms with E-state index in [0.29, 0.717) is 0 Å². The normalized spacial score (nSPS) is 16.0. The number of ether oxygens (including phenoxy) is 1. The van der Waals surface area contributed by atoms with Crippen LogP contribution in [0.4, 0.5) is 0 Å². The van der Waals surface area contributed by atoms with Crippen LogP contribution in [0.25, 0.3) is 0 Å². The SMILES string of the molecule is C1=NCCO1.P.[C-]1=CC=CC1.[C-]1=CC=CC1.[Fe+2]. The molecule has 3 aliphatic rings. The van der Waals surface area contributed by atoms with Gasteiger partial charge in [0.1, 0.15) is 6.61 Å². The summed E-state index contributed by atoms with van der Waals surface area (Å²) >= 11 is 0. The van der Waals surface area contributed by atoms with Crippen molar-refractivity contribution in [3.63, 3.8) is 0 Å². The van der Waals surface area contributed by atoms with E-state index in [4.69, 9.17) is 0 Å². The molecule has 1 aliphatic heterocycles. The number of rotatable bonds is 0. The Morgan fingerprint density at radius 1 is 1.00 bits per heavy atom. The van der Waals surface area contributed by atoms with E-state index in [1.807, 2.05) is 24.3 Å². The van der Waals surface area contributed by atoms with E-state index in [1.54, 1.807) is 0 Å². The molecule has 0 N–H and O–H groups in total. The van der Waals surface area contributed by atoms with Crippen LogP contribution in [-0.2, 0) is 21.8 Å². The van der Waals surface area contributed by atoms with Crippen LogP contribution in [0.5, 0.6) is 0 Å². The second-order valence-corrected chi connectivity index (χ2v) is 2.89. The number of aliphatic imine (C=N–C) groups is 1. The first-order chi connectivity index (χ1) is 7.50. The maximum Gasteiger partial charge on any atom is 2.00 e. The zero-order valence-corrected chi connectivity index (χ0v) is 12.3.